The van der Waals surface area contributed by atoms with Crippen LogP contribution in [0.1, 0.15) is 278 Å². The molecule has 1 atom stereocenters. The zero-order valence-electron chi connectivity index (χ0n) is 46.5. The molecule has 0 aromatic carbocycles. The van der Waals surface area contributed by atoms with Gasteiger partial charge in [-0.1, -0.05) is 253 Å². The van der Waals surface area contributed by atoms with Crippen LogP contribution in [-0.4, -0.2) is 37.2 Å². The van der Waals surface area contributed by atoms with E-state index in [1.54, 1.807) is 6.08 Å². The first-order valence-electron chi connectivity index (χ1n) is 29.7. The van der Waals surface area contributed by atoms with Crippen LogP contribution in [0.15, 0.2) is 97.2 Å². The van der Waals surface area contributed by atoms with Crippen LogP contribution in [-0.2, 0) is 28.6 Å². The van der Waals surface area contributed by atoms with Crippen molar-refractivity contribution in [3.8, 4) is 0 Å². The maximum Gasteiger partial charge on any atom is 0.310 e. The Morgan fingerprint density at radius 2 is 0.592 bits per heavy atom. The van der Waals surface area contributed by atoms with Gasteiger partial charge in [0.1, 0.15) is 13.2 Å². The molecule has 0 aromatic heterocycles. The Labute approximate surface area is 438 Å². The Bertz CT molecular complexity index is 1410. The van der Waals surface area contributed by atoms with Crippen molar-refractivity contribution in [2.45, 2.75) is 284 Å². The van der Waals surface area contributed by atoms with Gasteiger partial charge in [0.2, 0.25) is 0 Å². The van der Waals surface area contributed by atoms with Gasteiger partial charge in [-0.3, -0.25) is 14.4 Å². The van der Waals surface area contributed by atoms with Crippen LogP contribution in [0.25, 0.3) is 0 Å². The molecule has 0 aliphatic heterocycles. The van der Waals surface area contributed by atoms with Crippen molar-refractivity contribution in [2.75, 3.05) is 13.2 Å². The lowest BCUT2D eigenvalue weighted by Gasteiger charge is -2.18. The fraction of sp³-hybridized carbons (Fsp3) is 0.708. The summed E-state index contributed by atoms with van der Waals surface area (Å²) in [7, 11) is 0. The largest absolute Gasteiger partial charge is 0.462 e. The molecule has 406 valence electrons. The van der Waals surface area contributed by atoms with Gasteiger partial charge in [0.25, 0.3) is 0 Å². The highest BCUT2D eigenvalue weighted by molar-refractivity contribution is 5.72. The minimum Gasteiger partial charge on any atom is -0.462 e. The number of carbonyl (C=O) groups is 3. The van der Waals surface area contributed by atoms with Gasteiger partial charge in [0, 0.05) is 12.8 Å². The van der Waals surface area contributed by atoms with Crippen LogP contribution in [0.2, 0.25) is 0 Å². The number of esters is 3. The summed E-state index contributed by atoms with van der Waals surface area (Å²) < 4.78 is 16.8. The molecule has 0 aliphatic carbocycles. The lowest BCUT2D eigenvalue weighted by atomic mass is 10.0. The minimum absolute atomic E-state index is 0.0937. The Morgan fingerprint density at radius 1 is 0.310 bits per heavy atom. The summed E-state index contributed by atoms with van der Waals surface area (Å²) in [5.41, 5.74) is 0. The number of carbonyl (C=O) groups excluding carboxylic acids is 3. The first-order chi connectivity index (χ1) is 35.0. The molecule has 0 fully saturated rings. The highest BCUT2D eigenvalue weighted by Crippen LogP contribution is 2.15. The third-order valence-corrected chi connectivity index (χ3v) is 12.6. The number of ether oxygens (including phenoxy) is 3. The molecule has 0 spiro atoms. The predicted molar refractivity (Wildman–Crippen MR) is 307 cm³/mol. The van der Waals surface area contributed by atoms with Crippen LogP contribution in [0, 0.1) is 0 Å². The molecular formula is C65H110O6. The predicted octanol–water partition coefficient (Wildman–Crippen LogP) is 20.1. The van der Waals surface area contributed by atoms with E-state index in [0.29, 0.717) is 12.8 Å². The van der Waals surface area contributed by atoms with E-state index in [9.17, 15) is 14.4 Å². The van der Waals surface area contributed by atoms with Gasteiger partial charge in [0.05, 0.1) is 6.42 Å². The molecular weight excluding hydrogens is 877 g/mol. The normalized spacial score (nSPS) is 12.8. The number of hydrogen-bond acceptors (Lipinski definition) is 6. The quantitative estimate of drug-likeness (QED) is 0.0261. The van der Waals surface area contributed by atoms with Gasteiger partial charge >= 0.3 is 17.9 Å². The van der Waals surface area contributed by atoms with Crippen molar-refractivity contribution in [1.82, 2.24) is 0 Å². The Balaban J connectivity index is 4.42. The SMILES string of the molecule is CC/C=C\C/C=C\C/C=C\C/C=C\C/C=C\CC(=O)OC(COC(=O)CCCCCCC/C=C\CCCCCCCC)COC(=O)CCCCCCCCCCCCC/C=C\C/C=C\CCCCCCC. The molecule has 0 radical (unpaired) electrons. The van der Waals surface area contributed by atoms with E-state index in [2.05, 4.69) is 106 Å². The highest BCUT2D eigenvalue weighted by atomic mass is 16.6. The van der Waals surface area contributed by atoms with Crippen molar-refractivity contribution in [2.24, 2.45) is 0 Å². The fourth-order valence-electron chi connectivity index (χ4n) is 8.13. The van der Waals surface area contributed by atoms with E-state index in [4.69, 9.17) is 14.2 Å². The molecule has 0 amide bonds. The molecule has 0 aliphatic rings. The molecule has 0 bridgehead atoms. The Morgan fingerprint density at radius 3 is 0.944 bits per heavy atom. The van der Waals surface area contributed by atoms with Gasteiger partial charge < -0.3 is 14.2 Å². The molecule has 6 heteroatoms. The first kappa shape index (κ1) is 67.3. The lowest BCUT2D eigenvalue weighted by molar-refractivity contribution is -0.166. The topological polar surface area (TPSA) is 78.9 Å². The summed E-state index contributed by atoms with van der Waals surface area (Å²) in [6.45, 7) is 6.43. The monoisotopic (exact) mass is 987 g/mol. The van der Waals surface area contributed by atoms with E-state index in [0.717, 1.165) is 89.9 Å². The van der Waals surface area contributed by atoms with E-state index in [1.807, 2.05) is 6.08 Å². The summed E-state index contributed by atoms with van der Waals surface area (Å²) in [5, 5.41) is 0. The van der Waals surface area contributed by atoms with Crippen LogP contribution in [0.4, 0.5) is 0 Å². The standard InChI is InChI=1S/C65H110O6/c1-4-7-10-13-16-19-22-25-28-29-30-31-32-33-34-35-38-40-43-46-49-52-55-58-64(67)70-61-62(71-65(68)59-56-53-50-47-44-41-37-27-24-21-18-15-12-9-6-3)60-69-63(66)57-54-51-48-45-42-39-36-26-23-20-17-14-11-8-5-2/h9,12,18,21-22,25-27,29-30,36-37,44,47,53,56,62H,4-8,10-11,13-17,19-20,23-24,28,31-35,38-43,45-46,48-52,54-55,57-61H2,1-3H3/b12-9-,21-18-,25-22-,30-29-,36-26-,37-27-,47-44-,56-53-. The Hall–Kier alpha value is -3.67. The number of rotatable bonds is 53. The van der Waals surface area contributed by atoms with Gasteiger partial charge in [-0.05, 0) is 103 Å². The summed E-state index contributed by atoms with van der Waals surface area (Å²) in [6.07, 6.45) is 78.6. The van der Waals surface area contributed by atoms with Gasteiger partial charge in [-0.15, -0.1) is 0 Å². The van der Waals surface area contributed by atoms with E-state index < -0.39 is 12.1 Å². The van der Waals surface area contributed by atoms with Crippen LogP contribution < -0.4 is 0 Å². The lowest BCUT2D eigenvalue weighted by Crippen LogP contribution is -2.30. The number of allylic oxidation sites excluding steroid dienone is 15. The smallest absolute Gasteiger partial charge is 0.310 e. The average molecular weight is 988 g/mol. The van der Waals surface area contributed by atoms with E-state index in [-0.39, 0.29) is 31.6 Å². The zero-order chi connectivity index (χ0) is 51.4. The third-order valence-electron chi connectivity index (χ3n) is 12.6. The molecule has 0 aromatic rings. The van der Waals surface area contributed by atoms with Crippen molar-refractivity contribution in [3.63, 3.8) is 0 Å². The number of hydrogen-bond donors (Lipinski definition) is 0. The van der Waals surface area contributed by atoms with Gasteiger partial charge in [0.15, 0.2) is 6.10 Å². The van der Waals surface area contributed by atoms with Crippen molar-refractivity contribution in [3.05, 3.63) is 97.2 Å². The second-order valence-electron chi connectivity index (χ2n) is 19.5. The summed E-state index contributed by atoms with van der Waals surface area (Å²) in [5.74, 6) is -1.06. The van der Waals surface area contributed by atoms with Crippen LogP contribution in [0.5, 0.6) is 0 Å². The maximum absolute atomic E-state index is 12.8. The molecule has 0 saturated heterocycles. The molecule has 0 rings (SSSR count). The van der Waals surface area contributed by atoms with E-state index >= 15 is 0 Å². The van der Waals surface area contributed by atoms with Gasteiger partial charge in [-0.25, -0.2) is 0 Å². The molecule has 0 heterocycles. The average Bonchev–Trinajstić information content (AvgIpc) is 3.37. The second-order valence-corrected chi connectivity index (χ2v) is 19.5. The van der Waals surface area contributed by atoms with Crippen LogP contribution in [0.3, 0.4) is 0 Å². The fourth-order valence-corrected chi connectivity index (χ4v) is 8.13. The first-order valence-corrected chi connectivity index (χ1v) is 29.7. The third kappa shape index (κ3) is 57.1. The summed E-state index contributed by atoms with van der Waals surface area (Å²) >= 11 is 0. The molecule has 0 saturated carbocycles. The van der Waals surface area contributed by atoms with Crippen molar-refractivity contribution >= 4 is 17.9 Å². The molecule has 6 nitrogen and oxygen atoms in total. The molecule has 0 N–H and O–H groups in total. The van der Waals surface area contributed by atoms with Crippen molar-refractivity contribution < 1.29 is 28.6 Å². The summed E-state index contributed by atoms with van der Waals surface area (Å²) in [4.78, 5) is 38.1. The van der Waals surface area contributed by atoms with Crippen LogP contribution >= 0.6 is 0 Å². The highest BCUT2D eigenvalue weighted by Gasteiger charge is 2.19. The van der Waals surface area contributed by atoms with Gasteiger partial charge in [-0.2, -0.15) is 0 Å². The zero-order valence-corrected chi connectivity index (χ0v) is 46.5. The number of unbranched alkanes of at least 4 members (excludes halogenated alkanes) is 27. The van der Waals surface area contributed by atoms with E-state index in [1.165, 1.54) is 148 Å². The molecule has 71 heavy (non-hydrogen) atoms. The maximum atomic E-state index is 12.8. The second kappa shape index (κ2) is 58.9. The molecule has 1 unspecified atom stereocenters. The van der Waals surface area contributed by atoms with Crippen molar-refractivity contribution in [1.29, 1.82) is 0 Å². The minimum atomic E-state index is -0.837. The Kier molecular flexibility index (Phi) is 55.9. The summed E-state index contributed by atoms with van der Waals surface area (Å²) in [6, 6.07) is 0.